The van der Waals surface area contributed by atoms with Gasteiger partial charge in [0.05, 0.1) is 22.8 Å². The van der Waals surface area contributed by atoms with Crippen LogP contribution in [-0.2, 0) is 21.3 Å². The predicted molar refractivity (Wildman–Crippen MR) is 106 cm³/mol. The molecule has 0 unspecified atom stereocenters. The first kappa shape index (κ1) is 19.6. The van der Waals surface area contributed by atoms with E-state index in [0.29, 0.717) is 11.4 Å². The molecule has 3 aromatic heterocycles. The van der Waals surface area contributed by atoms with Crippen molar-refractivity contribution < 1.29 is 31.1 Å². The Morgan fingerprint density at radius 2 is 1.10 bits per heavy atom. The van der Waals surface area contributed by atoms with E-state index in [2.05, 4.69) is 19.9 Å². The standard InChI is InChI=1S/C20H15N4O3P.Co/c25-28(26,27)20-18-7-5-16(23-18)10-14-3-1-12(21-14)9-13-2-4-15(22-13)11-17-6-8-19(20)24-17;/h1-11,21-22H,(H2,25,26,27);/q;+2/p-2. The topological polar surface area (TPSA) is 121 Å². The van der Waals surface area contributed by atoms with Gasteiger partial charge >= 0.3 is 16.8 Å². The summed E-state index contributed by atoms with van der Waals surface area (Å²) in [4.78, 5) is 39.1. The Kier molecular flexibility index (Phi) is 4.90. The Labute approximate surface area is 175 Å². The predicted octanol–water partition coefficient (Wildman–Crippen LogP) is 2.19. The van der Waals surface area contributed by atoms with Crippen LogP contribution in [0.2, 0.25) is 0 Å². The number of nitrogens with one attached hydrogen (secondary N) is 2. The second kappa shape index (κ2) is 7.26. The summed E-state index contributed by atoms with van der Waals surface area (Å²) < 4.78 is 12.0. The number of rotatable bonds is 1. The van der Waals surface area contributed by atoms with Gasteiger partial charge in [-0.3, -0.25) is 0 Å². The molecule has 3 aromatic rings. The van der Waals surface area contributed by atoms with Crippen molar-refractivity contribution in [3.8, 4) is 0 Å². The average Bonchev–Trinajstić information content (AvgIpc) is 3.38. The third-order valence-corrected chi connectivity index (χ3v) is 5.47. The van der Waals surface area contributed by atoms with Crippen LogP contribution in [0.25, 0.3) is 46.4 Å². The maximum absolute atomic E-state index is 12.0. The molecule has 2 aliphatic rings. The minimum Gasteiger partial charge on any atom is -0.807 e. The van der Waals surface area contributed by atoms with Gasteiger partial charge in [-0.25, -0.2) is 9.97 Å². The third kappa shape index (κ3) is 3.89. The van der Waals surface area contributed by atoms with Gasteiger partial charge < -0.3 is 24.3 Å². The van der Waals surface area contributed by atoms with Crippen LogP contribution in [0, 0.1) is 0 Å². The molecule has 0 spiro atoms. The molecule has 0 amide bonds. The van der Waals surface area contributed by atoms with Gasteiger partial charge in [-0.1, -0.05) is 0 Å². The van der Waals surface area contributed by atoms with E-state index in [0.717, 1.165) is 22.1 Å². The molecule has 5 rings (SSSR count). The minimum atomic E-state index is -5.09. The molecule has 8 bridgehead atoms. The maximum Gasteiger partial charge on any atom is 2.00 e. The van der Waals surface area contributed by atoms with Gasteiger partial charge in [0.1, 0.15) is 0 Å². The van der Waals surface area contributed by atoms with Crippen LogP contribution in [0.1, 0.15) is 22.8 Å². The molecule has 0 aromatic carbocycles. The molecule has 1 radical (unpaired) electrons. The monoisotopic (exact) mass is 447 g/mol. The Bertz CT molecular complexity index is 1290. The first-order valence-corrected chi connectivity index (χ1v) is 10.1. The van der Waals surface area contributed by atoms with Crippen molar-refractivity contribution in [3.05, 3.63) is 65.2 Å². The summed E-state index contributed by atoms with van der Waals surface area (Å²) in [6.07, 6.45) is 6.37. The van der Waals surface area contributed by atoms with Gasteiger partial charge in [-0.15, -0.1) is 0 Å². The number of nitrogens with zero attached hydrogens (tertiary/aromatic N) is 2. The largest absolute Gasteiger partial charge is 2.00 e. The van der Waals surface area contributed by atoms with Gasteiger partial charge in [-0.05, 0) is 74.4 Å². The number of aromatic amines is 2. The molecule has 9 heteroatoms. The van der Waals surface area contributed by atoms with Crippen molar-refractivity contribution in [1.29, 1.82) is 0 Å². The molecular formula is C20H13CoN4O3P. The smallest absolute Gasteiger partial charge is 0.807 e. The molecule has 2 aliphatic heterocycles. The van der Waals surface area contributed by atoms with Crippen molar-refractivity contribution in [2.45, 2.75) is 0 Å². The van der Waals surface area contributed by atoms with E-state index in [9.17, 15) is 14.4 Å². The van der Waals surface area contributed by atoms with Crippen LogP contribution in [0.3, 0.4) is 0 Å². The summed E-state index contributed by atoms with van der Waals surface area (Å²) in [6, 6.07) is 13.2. The van der Waals surface area contributed by atoms with E-state index < -0.39 is 12.9 Å². The Hall–Kier alpha value is -2.74. The van der Waals surface area contributed by atoms with Gasteiger partial charge in [0, 0.05) is 27.4 Å². The SMILES string of the molecule is O=P([O-])([O-])c1c2nc(cc3ccc(cc4ccc(cc5nc1C=C5)[nH]4)[nH]3)C=C2.[Co+2]. The van der Waals surface area contributed by atoms with Gasteiger partial charge in [0.15, 0.2) is 0 Å². The van der Waals surface area contributed by atoms with E-state index in [-0.39, 0.29) is 28.2 Å². The summed E-state index contributed by atoms with van der Waals surface area (Å²) in [5.74, 6) is 0. The van der Waals surface area contributed by atoms with Crippen molar-refractivity contribution >= 4 is 59.3 Å². The van der Waals surface area contributed by atoms with Crippen LogP contribution in [0.4, 0.5) is 0 Å². The number of hydrogen-bond acceptors (Lipinski definition) is 5. The molecular weight excluding hydrogens is 434 g/mol. The number of hydrogen-bond donors (Lipinski definition) is 2. The first-order valence-electron chi connectivity index (χ1n) is 8.54. The Morgan fingerprint density at radius 1 is 0.690 bits per heavy atom. The Morgan fingerprint density at radius 3 is 1.52 bits per heavy atom. The molecule has 0 atom stereocenters. The van der Waals surface area contributed by atoms with Crippen molar-refractivity contribution in [2.24, 2.45) is 0 Å². The van der Waals surface area contributed by atoms with Crippen molar-refractivity contribution in [1.82, 2.24) is 19.9 Å². The molecule has 0 saturated carbocycles. The molecule has 2 N–H and O–H groups in total. The zero-order chi connectivity index (χ0) is 19.3. The molecule has 5 heterocycles. The summed E-state index contributed by atoms with van der Waals surface area (Å²) in [7, 11) is -5.09. The molecule has 0 saturated heterocycles. The fraction of sp³-hybridized carbons (Fsp3) is 0. The fourth-order valence-electron chi connectivity index (χ4n) is 3.27. The van der Waals surface area contributed by atoms with E-state index in [1.54, 1.807) is 24.3 Å². The number of H-pyrrole nitrogens is 2. The van der Waals surface area contributed by atoms with Crippen LogP contribution in [0.15, 0.2) is 42.5 Å². The normalized spacial score (nSPS) is 12.8. The van der Waals surface area contributed by atoms with Crippen LogP contribution >= 0.6 is 7.60 Å². The van der Waals surface area contributed by atoms with Gasteiger partial charge in [0.25, 0.3) is 0 Å². The van der Waals surface area contributed by atoms with E-state index in [4.69, 9.17) is 0 Å². The van der Waals surface area contributed by atoms with Gasteiger partial charge in [-0.2, -0.15) is 0 Å². The second-order valence-corrected chi connectivity index (χ2v) is 7.97. The Balaban J connectivity index is 0.00000205. The molecule has 0 fully saturated rings. The molecule has 29 heavy (non-hydrogen) atoms. The zero-order valence-corrected chi connectivity index (χ0v) is 16.7. The number of aromatic nitrogens is 4. The summed E-state index contributed by atoms with van der Waals surface area (Å²) in [6.45, 7) is 0. The maximum atomic E-state index is 12.0. The van der Waals surface area contributed by atoms with E-state index in [1.165, 1.54) is 12.2 Å². The summed E-state index contributed by atoms with van der Waals surface area (Å²) in [5, 5.41) is -0.397. The van der Waals surface area contributed by atoms with Crippen molar-refractivity contribution in [2.75, 3.05) is 0 Å². The van der Waals surface area contributed by atoms with Crippen LogP contribution in [-0.4, -0.2) is 19.9 Å². The zero-order valence-electron chi connectivity index (χ0n) is 14.8. The summed E-state index contributed by atoms with van der Waals surface area (Å²) >= 11 is 0. The van der Waals surface area contributed by atoms with Crippen LogP contribution < -0.4 is 15.1 Å². The first-order chi connectivity index (χ1) is 13.4. The van der Waals surface area contributed by atoms with Crippen molar-refractivity contribution in [3.63, 3.8) is 0 Å². The van der Waals surface area contributed by atoms with Crippen LogP contribution in [0.5, 0.6) is 0 Å². The average molecular weight is 447 g/mol. The van der Waals surface area contributed by atoms with E-state index in [1.807, 2.05) is 30.3 Å². The van der Waals surface area contributed by atoms with E-state index >= 15 is 0 Å². The number of fused-ring (bicyclic) bond motifs is 8. The minimum absolute atomic E-state index is 0. The van der Waals surface area contributed by atoms with Gasteiger partial charge in [0.2, 0.25) is 0 Å². The summed E-state index contributed by atoms with van der Waals surface area (Å²) in [5.41, 5.74) is 4.71. The fourth-order valence-corrected chi connectivity index (χ4v) is 4.08. The molecule has 145 valence electrons. The molecule has 0 aliphatic carbocycles. The third-order valence-electron chi connectivity index (χ3n) is 4.46. The quantitative estimate of drug-likeness (QED) is 0.382. The molecule has 7 nitrogen and oxygen atoms in total. The second-order valence-electron chi connectivity index (χ2n) is 6.53.